The first kappa shape index (κ1) is 11.8. The Morgan fingerprint density at radius 1 is 1.42 bits per heavy atom. The minimum absolute atomic E-state index is 0.357. The lowest BCUT2D eigenvalue weighted by Gasteiger charge is -2.24. The van der Waals surface area contributed by atoms with Crippen LogP contribution < -0.4 is 0 Å². The predicted molar refractivity (Wildman–Crippen MR) is 44.1 cm³/mol. The fraction of sp³-hybridized carbons (Fsp3) is 0.875. The highest BCUT2D eigenvalue weighted by atomic mass is 16.8. The fourth-order valence-electron chi connectivity index (χ4n) is 0.630. The Hall–Kier alpha value is -0.160. The molecule has 0 amide bonds. The van der Waals surface area contributed by atoms with E-state index in [4.69, 9.17) is 9.47 Å². The Balaban J connectivity index is 3.63. The van der Waals surface area contributed by atoms with Crippen molar-refractivity contribution < 1.29 is 19.3 Å². The summed E-state index contributed by atoms with van der Waals surface area (Å²) < 4.78 is 14.5. The number of hydrogen-bond acceptors (Lipinski definition) is 4. The second kappa shape index (κ2) is 6.37. The summed E-state index contributed by atoms with van der Waals surface area (Å²) in [5, 5.41) is 9.42. The van der Waals surface area contributed by atoms with Crippen LogP contribution in [0.15, 0.2) is 0 Å². The first-order chi connectivity index (χ1) is 5.68. The summed E-state index contributed by atoms with van der Waals surface area (Å²) in [6, 6.07) is 0. The average Bonchev–Trinajstić information content (AvgIpc) is 2.06. The van der Waals surface area contributed by atoms with E-state index in [9.17, 15) is 5.11 Å². The predicted octanol–water partition coefficient (Wildman–Crippen LogP) is 0.904. The van der Waals surface area contributed by atoms with Crippen LogP contribution in [0.3, 0.4) is 0 Å². The monoisotopic (exact) mass is 177 g/mol. The molecule has 0 aromatic carbocycles. The van der Waals surface area contributed by atoms with Gasteiger partial charge in [-0.1, -0.05) is 6.92 Å². The van der Waals surface area contributed by atoms with Gasteiger partial charge in [0.15, 0.2) is 6.61 Å². The van der Waals surface area contributed by atoms with Gasteiger partial charge in [0, 0.05) is 20.3 Å². The molecule has 1 radical (unpaired) electrons. The summed E-state index contributed by atoms with van der Waals surface area (Å²) in [6.45, 7) is 5.78. The van der Waals surface area contributed by atoms with Gasteiger partial charge in [-0.25, -0.2) is 0 Å². The summed E-state index contributed by atoms with van der Waals surface area (Å²) in [5.41, 5.74) is 0. The molecule has 4 heteroatoms. The molecule has 0 aromatic rings. The van der Waals surface area contributed by atoms with Crippen molar-refractivity contribution in [2.24, 2.45) is 0 Å². The first-order valence-electron chi connectivity index (χ1n) is 4.06. The molecular formula is C8H17O4. The van der Waals surface area contributed by atoms with E-state index in [1.54, 1.807) is 6.92 Å². The van der Waals surface area contributed by atoms with Gasteiger partial charge < -0.3 is 19.3 Å². The van der Waals surface area contributed by atoms with Crippen LogP contribution in [-0.4, -0.2) is 31.4 Å². The zero-order valence-electron chi connectivity index (χ0n) is 7.87. The molecule has 0 aliphatic carbocycles. The molecule has 1 unspecified atom stereocenters. The third-order valence-electron chi connectivity index (χ3n) is 1.20. The van der Waals surface area contributed by atoms with Crippen LogP contribution in [-0.2, 0) is 14.2 Å². The van der Waals surface area contributed by atoms with Crippen molar-refractivity contribution in [3.63, 3.8) is 0 Å². The largest absolute Gasteiger partial charge is 0.367 e. The Labute approximate surface area is 73.4 Å². The number of aliphatic hydroxyl groups is 1. The van der Waals surface area contributed by atoms with Crippen LogP contribution in [0.5, 0.6) is 0 Å². The lowest BCUT2D eigenvalue weighted by molar-refractivity contribution is -0.343. The Morgan fingerprint density at radius 2 is 2.08 bits per heavy atom. The average molecular weight is 177 g/mol. The SMILES string of the molecule is CCCO[CH]C(O)(OC)OCC. The van der Waals surface area contributed by atoms with Crippen molar-refractivity contribution in [2.75, 3.05) is 20.3 Å². The van der Waals surface area contributed by atoms with E-state index in [1.807, 2.05) is 6.92 Å². The minimum atomic E-state index is -1.70. The summed E-state index contributed by atoms with van der Waals surface area (Å²) in [5.74, 6) is -1.70. The molecule has 0 bridgehead atoms. The highest BCUT2D eigenvalue weighted by molar-refractivity contribution is 4.64. The van der Waals surface area contributed by atoms with E-state index < -0.39 is 5.97 Å². The molecule has 0 fully saturated rings. The van der Waals surface area contributed by atoms with Crippen molar-refractivity contribution in [2.45, 2.75) is 26.2 Å². The highest BCUT2D eigenvalue weighted by Gasteiger charge is 2.28. The molecule has 0 aliphatic heterocycles. The maximum Gasteiger partial charge on any atom is 0.311 e. The van der Waals surface area contributed by atoms with Crippen LogP contribution in [0.25, 0.3) is 0 Å². The van der Waals surface area contributed by atoms with Gasteiger partial charge in [-0.2, -0.15) is 0 Å². The van der Waals surface area contributed by atoms with Gasteiger partial charge in [0.1, 0.15) is 0 Å². The molecule has 0 saturated heterocycles. The summed E-state index contributed by atoms with van der Waals surface area (Å²) in [4.78, 5) is 0. The van der Waals surface area contributed by atoms with Crippen molar-refractivity contribution >= 4 is 0 Å². The van der Waals surface area contributed by atoms with E-state index in [1.165, 1.54) is 7.11 Å². The lowest BCUT2D eigenvalue weighted by Crippen LogP contribution is -2.36. The molecule has 12 heavy (non-hydrogen) atoms. The lowest BCUT2D eigenvalue weighted by atomic mass is 10.5. The van der Waals surface area contributed by atoms with Crippen molar-refractivity contribution in [3.05, 3.63) is 6.61 Å². The van der Waals surface area contributed by atoms with Crippen molar-refractivity contribution in [1.29, 1.82) is 0 Å². The zero-order chi connectivity index (χ0) is 9.45. The minimum Gasteiger partial charge on any atom is -0.367 e. The zero-order valence-corrected chi connectivity index (χ0v) is 7.87. The second-order valence-electron chi connectivity index (χ2n) is 2.26. The third-order valence-corrected chi connectivity index (χ3v) is 1.20. The Bertz CT molecular complexity index is 107. The number of ether oxygens (including phenoxy) is 3. The van der Waals surface area contributed by atoms with E-state index in [0.717, 1.165) is 13.0 Å². The molecule has 0 spiro atoms. The van der Waals surface area contributed by atoms with E-state index >= 15 is 0 Å². The topological polar surface area (TPSA) is 47.9 Å². The number of methoxy groups -OCH3 is 1. The van der Waals surface area contributed by atoms with Gasteiger partial charge in [-0.3, -0.25) is 0 Å². The molecule has 73 valence electrons. The van der Waals surface area contributed by atoms with Gasteiger partial charge in [0.05, 0.1) is 0 Å². The summed E-state index contributed by atoms with van der Waals surface area (Å²) in [6.07, 6.45) is 0.877. The molecule has 1 N–H and O–H groups in total. The van der Waals surface area contributed by atoms with Gasteiger partial charge >= 0.3 is 5.97 Å². The maximum absolute atomic E-state index is 9.42. The molecular weight excluding hydrogens is 160 g/mol. The van der Waals surface area contributed by atoms with Crippen molar-refractivity contribution in [3.8, 4) is 0 Å². The molecule has 0 aliphatic rings. The van der Waals surface area contributed by atoms with E-state index in [-0.39, 0.29) is 0 Å². The molecule has 0 saturated carbocycles. The van der Waals surface area contributed by atoms with Crippen molar-refractivity contribution in [1.82, 2.24) is 0 Å². The Kier molecular flexibility index (Phi) is 6.28. The van der Waals surface area contributed by atoms with Gasteiger partial charge in [-0.05, 0) is 13.3 Å². The molecule has 0 rings (SSSR count). The van der Waals surface area contributed by atoms with Gasteiger partial charge in [-0.15, -0.1) is 0 Å². The van der Waals surface area contributed by atoms with Gasteiger partial charge in [0.2, 0.25) is 0 Å². The standard InChI is InChI=1S/C8H17O4/c1-4-6-11-7-8(9,10-3)12-5-2/h7,9H,4-6H2,1-3H3. The number of rotatable bonds is 7. The smallest absolute Gasteiger partial charge is 0.311 e. The Morgan fingerprint density at radius 3 is 2.50 bits per heavy atom. The third kappa shape index (κ3) is 4.66. The summed E-state index contributed by atoms with van der Waals surface area (Å²) >= 11 is 0. The first-order valence-corrected chi connectivity index (χ1v) is 4.06. The van der Waals surface area contributed by atoms with Crippen LogP contribution in [0.2, 0.25) is 0 Å². The fourth-order valence-corrected chi connectivity index (χ4v) is 0.630. The maximum atomic E-state index is 9.42. The highest BCUT2D eigenvalue weighted by Crippen LogP contribution is 2.12. The number of hydrogen-bond donors (Lipinski definition) is 1. The van der Waals surface area contributed by atoms with Crippen LogP contribution >= 0.6 is 0 Å². The molecule has 4 nitrogen and oxygen atoms in total. The van der Waals surface area contributed by atoms with Crippen LogP contribution in [0.4, 0.5) is 0 Å². The van der Waals surface area contributed by atoms with Crippen LogP contribution in [0, 0.1) is 6.61 Å². The normalized spacial score (nSPS) is 16.0. The van der Waals surface area contributed by atoms with Gasteiger partial charge in [0.25, 0.3) is 0 Å². The molecule has 0 heterocycles. The molecule has 1 atom stereocenters. The molecule has 0 aromatic heterocycles. The quantitative estimate of drug-likeness (QED) is 0.463. The van der Waals surface area contributed by atoms with E-state index in [0.29, 0.717) is 13.2 Å². The summed E-state index contributed by atoms with van der Waals surface area (Å²) in [7, 11) is 1.35. The van der Waals surface area contributed by atoms with E-state index in [2.05, 4.69) is 4.74 Å². The van der Waals surface area contributed by atoms with Crippen LogP contribution in [0.1, 0.15) is 20.3 Å². The second-order valence-corrected chi connectivity index (χ2v) is 2.26.